The van der Waals surface area contributed by atoms with Gasteiger partial charge in [-0.05, 0) is 259 Å². The Hall–Kier alpha value is -16.1. The van der Waals surface area contributed by atoms with Crippen LogP contribution in [0, 0.1) is 94.7 Å². The van der Waals surface area contributed by atoms with Crippen molar-refractivity contribution in [2.45, 2.75) is 56.8 Å². The van der Waals surface area contributed by atoms with Crippen LogP contribution in [0.25, 0.3) is 43.1 Å². The average Bonchev–Trinajstić information content (AvgIpc) is 1.52. The van der Waals surface area contributed by atoms with Gasteiger partial charge >= 0.3 is 0 Å². The zero-order valence-electron chi connectivity index (χ0n) is 63.8. The van der Waals surface area contributed by atoms with Crippen LogP contribution in [0.4, 0.5) is 0 Å². The molecular formula is C101H68N4O12. The minimum Gasteiger partial charge on any atom is -0.481 e. The van der Waals surface area contributed by atoms with Gasteiger partial charge in [-0.2, -0.15) is 21.0 Å². The van der Waals surface area contributed by atoms with E-state index >= 15 is 0 Å². The summed E-state index contributed by atoms with van der Waals surface area (Å²) in [5, 5.41) is 52.0. The molecule has 0 aliphatic heterocycles. The second-order valence-corrected chi connectivity index (χ2v) is 29.3. The van der Waals surface area contributed by atoms with Crippen LogP contribution in [-0.2, 0) is 16.2 Å². The van der Waals surface area contributed by atoms with E-state index in [0.29, 0.717) is 58.8 Å². The van der Waals surface area contributed by atoms with Gasteiger partial charge in [-0.3, -0.25) is 0 Å². The Balaban J connectivity index is 0.828. The lowest BCUT2D eigenvalue weighted by Crippen LogP contribution is -2.27. The molecule has 0 N–H and O–H groups in total. The smallest absolute Gasteiger partial charge is 0.170 e. The minimum absolute atomic E-state index is 0.0704. The van der Waals surface area contributed by atoms with Gasteiger partial charge in [0.15, 0.2) is 23.0 Å². The molecule has 0 amide bonds. The fraction of sp³-hybridized carbons (Fsp3) is 0.129. The molecule has 16 nitrogen and oxygen atoms in total. The van der Waals surface area contributed by atoms with E-state index in [1.165, 1.54) is 0 Å². The van der Waals surface area contributed by atoms with Crippen molar-refractivity contribution >= 4 is 43.1 Å². The van der Waals surface area contributed by atoms with E-state index in [4.69, 9.17) is 82.5 Å². The summed E-state index contributed by atoms with van der Waals surface area (Å²) in [7, 11) is 0. The van der Waals surface area contributed by atoms with Crippen molar-refractivity contribution in [2.24, 2.45) is 0 Å². The predicted octanol–water partition coefficient (Wildman–Crippen LogP) is 23.8. The van der Waals surface area contributed by atoms with Crippen molar-refractivity contribution in [2.75, 3.05) is 26.4 Å². The van der Waals surface area contributed by atoms with E-state index in [1.807, 2.05) is 170 Å². The molecule has 16 heteroatoms. The molecule has 16 rings (SSSR count). The summed E-state index contributed by atoms with van der Waals surface area (Å²) >= 11 is 0. The van der Waals surface area contributed by atoms with E-state index in [9.17, 15) is 21.0 Å². The zero-order valence-corrected chi connectivity index (χ0v) is 63.8. The molecule has 117 heavy (non-hydrogen) atoms. The molecule has 2 aliphatic carbocycles. The van der Waals surface area contributed by atoms with E-state index in [0.717, 1.165) is 65.3 Å². The van der Waals surface area contributed by atoms with Crippen LogP contribution >= 0.6 is 0 Å². The monoisotopic (exact) mass is 1530 g/mol. The first-order valence-electron chi connectivity index (χ1n) is 37.3. The third-order valence-electron chi connectivity index (χ3n) is 20.8. The molecular weight excluding hydrogens is 1460 g/mol. The van der Waals surface area contributed by atoms with Gasteiger partial charge in [-0.15, -0.1) is 25.7 Å². The molecule has 0 fully saturated rings. The Morgan fingerprint density at radius 2 is 0.453 bits per heavy atom. The van der Waals surface area contributed by atoms with Gasteiger partial charge < -0.3 is 56.8 Å². The van der Waals surface area contributed by atoms with Crippen LogP contribution < -0.4 is 56.8 Å². The summed E-state index contributed by atoms with van der Waals surface area (Å²) in [6.07, 6.45) is 23.1. The van der Waals surface area contributed by atoms with Crippen molar-refractivity contribution in [1.82, 2.24) is 0 Å². The van der Waals surface area contributed by atoms with Gasteiger partial charge in [0, 0.05) is 5.41 Å². The number of hydrogen-bond donors (Lipinski definition) is 0. The maximum absolute atomic E-state index is 11.3. The van der Waals surface area contributed by atoms with E-state index in [-0.39, 0.29) is 118 Å². The standard InChI is InChI=1S/C101H68N4O12/c1-9-41-106-71-33-25-63-29-37-75(49-67(63)45-71)110-87-17-13-21-91(79(87)57-102)114-95-53-83-85(55-97(95)116-93-23-15-19-89(81(93)59-104)112-77-39-31-65-27-35-73(108-43-11-3)47-69(65)51-77)101(61-99(83,5)6)62-100(7,8)84-54-96(115-92-22-14-18-88(80(92)58-103)111-76-38-30-64-26-34-72(107-42-10-2)46-68(64)50-76)98(56-86(84)101)117-94-24-16-20-90(82(94)60-105)113-78-40-32-66-28-36-74(109-44-12-4)48-70(66)52-78/h1-4,13-40,45-56H,41-44,61-62H2,5-8H3. The highest BCUT2D eigenvalue weighted by Crippen LogP contribution is 2.66. The van der Waals surface area contributed by atoms with Crippen molar-refractivity contribution < 1.29 is 56.8 Å². The van der Waals surface area contributed by atoms with E-state index in [2.05, 4.69) is 75.7 Å². The summed E-state index contributed by atoms with van der Waals surface area (Å²) in [4.78, 5) is 0. The van der Waals surface area contributed by atoms with Gasteiger partial charge in [-0.25, -0.2) is 0 Å². The lowest BCUT2D eigenvalue weighted by Gasteiger charge is -2.31. The number of terminal acetylenes is 4. The van der Waals surface area contributed by atoms with Crippen molar-refractivity contribution in [1.29, 1.82) is 21.0 Å². The highest BCUT2D eigenvalue weighted by Gasteiger charge is 2.57. The Morgan fingerprint density at radius 3 is 0.675 bits per heavy atom. The van der Waals surface area contributed by atoms with Crippen LogP contribution in [0.5, 0.6) is 115 Å². The van der Waals surface area contributed by atoms with Crippen molar-refractivity contribution in [3.63, 3.8) is 0 Å². The second kappa shape index (κ2) is 31.6. The van der Waals surface area contributed by atoms with Crippen LogP contribution in [0.2, 0.25) is 0 Å². The van der Waals surface area contributed by atoms with Gasteiger partial charge in [0.25, 0.3) is 0 Å². The fourth-order valence-electron chi connectivity index (χ4n) is 15.7. The van der Waals surface area contributed by atoms with Crippen LogP contribution in [-0.4, -0.2) is 26.4 Å². The quantitative estimate of drug-likeness (QED) is 0.0516. The third-order valence-corrected chi connectivity index (χ3v) is 20.8. The highest BCUT2D eigenvalue weighted by molar-refractivity contribution is 5.89. The molecule has 0 unspecified atom stereocenters. The number of ether oxygens (including phenoxy) is 12. The average molecular weight is 1530 g/mol. The molecule has 2 aliphatic rings. The Morgan fingerprint density at radius 1 is 0.248 bits per heavy atom. The molecule has 0 saturated carbocycles. The van der Waals surface area contributed by atoms with Gasteiger partial charge in [0.05, 0.1) is 0 Å². The lowest BCUT2D eigenvalue weighted by atomic mass is 9.72. The predicted molar refractivity (Wildman–Crippen MR) is 447 cm³/mol. The van der Waals surface area contributed by atoms with Gasteiger partial charge in [0.1, 0.15) is 165 Å². The summed E-state index contributed by atoms with van der Waals surface area (Å²) in [6, 6.07) is 82.6. The molecule has 0 saturated heterocycles. The number of benzene rings is 14. The molecule has 0 radical (unpaired) electrons. The molecule has 14 aromatic carbocycles. The first-order valence-corrected chi connectivity index (χ1v) is 37.3. The number of nitriles is 4. The Bertz CT molecular complexity index is 6360. The largest absolute Gasteiger partial charge is 0.481 e. The topological polar surface area (TPSA) is 206 Å². The molecule has 1 spiro atoms. The van der Waals surface area contributed by atoms with E-state index in [1.54, 1.807) is 72.8 Å². The number of hydrogen-bond acceptors (Lipinski definition) is 16. The lowest BCUT2D eigenvalue weighted by molar-refractivity contribution is 0.349. The molecule has 0 atom stereocenters. The van der Waals surface area contributed by atoms with Crippen molar-refractivity contribution in [3.8, 4) is 189 Å². The summed E-state index contributed by atoms with van der Waals surface area (Å²) in [5.74, 6) is 16.3. The van der Waals surface area contributed by atoms with Gasteiger partial charge in [0.2, 0.25) is 0 Å². The highest BCUT2D eigenvalue weighted by atomic mass is 16.5. The molecule has 14 aromatic rings. The summed E-state index contributed by atoms with van der Waals surface area (Å²) in [5.41, 5.74) is 1.72. The zero-order chi connectivity index (χ0) is 81.0. The first kappa shape index (κ1) is 75.0. The molecule has 564 valence electrons. The molecule has 0 aromatic heterocycles. The van der Waals surface area contributed by atoms with Crippen LogP contribution in [0.1, 0.15) is 85.0 Å². The molecule has 0 heterocycles. The first-order chi connectivity index (χ1) is 57.0. The second-order valence-electron chi connectivity index (χ2n) is 29.3. The number of nitrogens with zero attached hydrogens (tertiary/aromatic N) is 4. The third kappa shape index (κ3) is 15.1. The minimum atomic E-state index is -0.861. The number of rotatable bonds is 24. The van der Waals surface area contributed by atoms with E-state index < -0.39 is 16.2 Å². The fourth-order valence-corrected chi connectivity index (χ4v) is 15.7. The van der Waals surface area contributed by atoms with Crippen LogP contribution in [0.3, 0.4) is 0 Å². The Labute approximate surface area is 676 Å². The SMILES string of the molecule is C#CCOc1ccc2ccc(Oc3cccc(Oc4cc5c(cc4Oc4cccc(Oc6ccc7ccc(OCC#C)cc7c6)c4C#N)C4(CC5(C)C)CC(C)(C)c5cc(Oc6cccc(Oc7ccc8ccc(OCC#C)cc8c7)c6C#N)c(Oc6cccc(Oc7ccc8ccc(OCC#C)cc8c7)c6C#N)cc54)c3C#N)cc2c1. The summed E-state index contributed by atoms with van der Waals surface area (Å²) in [6.45, 7) is 9.08. The normalized spacial score (nSPS) is 12.8. The van der Waals surface area contributed by atoms with Gasteiger partial charge in [-0.1, -0.05) is 124 Å². The molecule has 0 bridgehead atoms. The summed E-state index contributed by atoms with van der Waals surface area (Å²) < 4.78 is 77.9. The maximum Gasteiger partial charge on any atom is 0.170 e. The van der Waals surface area contributed by atoms with Crippen molar-refractivity contribution in [3.05, 3.63) is 287 Å². The number of fused-ring (bicyclic) bond motifs is 8. The van der Waals surface area contributed by atoms with Crippen LogP contribution in [0.15, 0.2) is 243 Å². The maximum atomic E-state index is 11.3. The Kier molecular flexibility index (Phi) is 20.2.